The second-order valence-corrected chi connectivity index (χ2v) is 6.65. The molecule has 1 fully saturated rings. The Hall–Kier alpha value is -0.630. The van der Waals surface area contributed by atoms with Crippen molar-refractivity contribution in [1.82, 2.24) is 5.48 Å². The minimum absolute atomic E-state index is 0.0242. The first-order valence-electron chi connectivity index (χ1n) is 5.59. The molecule has 2 unspecified atom stereocenters. The molecule has 110 valence electrons. The van der Waals surface area contributed by atoms with Crippen LogP contribution in [0.25, 0.3) is 0 Å². The van der Waals surface area contributed by atoms with E-state index in [1.807, 2.05) is 0 Å². The molecule has 0 spiro atoms. The Labute approximate surface area is 130 Å². The van der Waals surface area contributed by atoms with Crippen LogP contribution in [0.2, 0.25) is 0 Å². The minimum atomic E-state index is -1.55. The van der Waals surface area contributed by atoms with Crippen molar-refractivity contribution in [3.8, 4) is 0 Å². The zero-order valence-electron chi connectivity index (χ0n) is 10.3. The van der Waals surface area contributed by atoms with Gasteiger partial charge >= 0.3 is 0 Å². The van der Waals surface area contributed by atoms with Gasteiger partial charge in [0.2, 0.25) is 9.58 Å². The van der Waals surface area contributed by atoms with Crippen LogP contribution in [0.3, 0.4) is 0 Å². The van der Waals surface area contributed by atoms with Crippen molar-refractivity contribution in [2.45, 2.75) is 22.0 Å². The van der Waals surface area contributed by atoms with Gasteiger partial charge in [-0.25, -0.2) is 0 Å². The number of benzene rings is 1. The highest BCUT2D eigenvalue weighted by atomic mass is 35.6. The van der Waals surface area contributed by atoms with Gasteiger partial charge in [-0.2, -0.15) is 5.48 Å². The van der Waals surface area contributed by atoms with Gasteiger partial charge in [-0.1, -0.05) is 34.8 Å². The summed E-state index contributed by atoms with van der Waals surface area (Å²) in [6.45, 7) is 0. The molecular weight excluding hydrogens is 330 g/mol. The highest BCUT2D eigenvalue weighted by Gasteiger charge is 2.49. The second kappa shape index (κ2) is 5.63. The lowest BCUT2D eigenvalue weighted by atomic mass is 9.99. The number of nitrogens with one attached hydrogen (secondary N) is 1. The van der Waals surface area contributed by atoms with E-state index in [2.05, 4.69) is 5.48 Å². The normalized spacial score (nSPS) is 26.7. The highest BCUT2D eigenvalue weighted by Crippen LogP contribution is 2.43. The first kappa shape index (κ1) is 15.8. The number of ether oxygens (including phenoxy) is 1. The fourth-order valence-electron chi connectivity index (χ4n) is 1.96. The lowest BCUT2D eigenvalue weighted by Crippen LogP contribution is -2.34. The third kappa shape index (κ3) is 3.00. The van der Waals surface area contributed by atoms with E-state index < -0.39 is 20.5 Å². The molecule has 1 N–H and O–H groups in total. The summed E-state index contributed by atoms with van der Waals surface area (Å²) in [6, 6.07) is 5.25. The SMILES string of the molecule is COC1(c2ccc([N+](=O)[O-])cc2)CC(C(Cl)(Cl)Cl)NO1. The van der Waals surface area contributed by atoms with E-state index in [0.29, 0.717) is 5.56 Å². The van der Waals surface area contributed by atoms with Crippen molar-refractivity contribution in [3.63, 3.8) is 0 Å². The largest absolute Gasteiger partial charge is 0.348 e. The quantitative estimate of drug-likeness (QED) is 0.519. The van der Waals surface area contributed by atoms with Crippen molar-refractivity contribution in [2.75, 3.05) is 7.11 Å². The third-order valence-corrected chi connectivity index (χ3v) is 3.87. The van der Waals surface area contributed by atoms with Crippen LogP contribution in [-0.4, -0.2) is 21.9 Å². The van der Waals surface area contributed by atoms with Crippen LogP contribution in [0.15, 0.2) is 24.3 Å². The summed E-state index contributed by atoms with van der Waals surface area (Å²) in [5, 5.41) is 10.6. The number of hydrogen-bond acceptors (Lipinski definition) is 5. The first-order chi connectivity index (χ1) is 9.28. The number of rotatable bonds is 3. The Balaban J connectivity index is 2.26. The molecule has 1 aliphatic rings. The predicted octanol–water partition coefficient (Wildman–Crippen LogP) is 3.06. The van der Waals surface area contributed by atoms with Crippen molar-refractivity contribution in [1.29, 1.82) is 0 Å². The first-order valence-corrected chi connectivity index (χ1v) is 6.72. The van der Waals surface area contributed by atoms with E-state index >= 15 is 0 Å². The molecular formula is C11H11Cl3N2O4. The summed E-state index contributed by atoms with van der Waals surface area (Å²) in [5.41, 5.74) is 3.19. The molecule has 2 rings (SSSR count). The number of alkyl halides is 3. The zero-order valence-corrected chi connectivity index (χ0v) is 12.6. The molecule has 2 atom stereocenters. The molecule has 0 aromatic heterocycles. The van der Waals surface area contributed by atoms with Crippen LogP contribution in [-0.2, 0) is 15.4 Å². The summed E-state index contributed by atoms with van der Waals surface area (Å²) >= 11 is 17.5. The van der Waals surface area contributed by atoms with Crippen LogP contribution >= 0.6 is 34.8 Å². The average Bonchev–Trinajstić information content (AvgIpc) is 2.84. The lowest BCUT2D eigenvalue weighted by Gasteiger charge is -2.26. The molecule has 1 aromatic carbocycles. The Morgan fingerprint density at radius 2 is 2.05 bits per heavy atom. The molecule has 1 heterocycles. The second-order valence-electron chi connectivity index (χ2n) is 4.28. The summed E-state index contributed by atoms with van der Waals surface area (Å²) in [5.74, 6) is -1.15. The maximum absolute atomic E-state index is 10.6. The lowest BCUT2D eigenvalue weighted by molar-refractivity contribution is -0.384. The fourth-order valence-corrected chi connectivity index (χ4v) is 2.32. The van der Waals surface area contributed by atoms with E-state index in [4.69, 9.17) is 44.4 Å². The smallest absolute Gasteiger partial charge is 0.269 e. The van der Waals surface area contributed by atoms with E-state index in [-0.39, 0.29) is 12.1 Å². The molecule has 0 saturated carbocycles. The van der Waals surface area contributed by atoms with Crippen molar-refractivity contribution < 1.29 is 14.5 Å². The zero-order chi connectivity index (χ0) is 15.0. The van der Waals surface area contributed by atoms with Crippen LogP contribution in [0.1, 0.15) is 12.0 Å². The number of nitrogens with zero attached hydrogens (tertiary/aromatic N) is 1. The monoisotopic (exact) mass is 340 g/mol. The summed E-state index contributed by atoms with van der Waals surface area (Å²) in [7, 11) is 1.45. The topological polar surface area (TPSA) is 73.6 Å². The molecule has 9 heteroatoms. The van der Waals surface area contributed by atoms with Crippen molar-refractivity contribution >= 4 is 40.5 Å². The van der Waals surface area contributed by atoms with Crippen LogP contribution in [0.5, 0.6) is 0 Å². The number of hydrogen-bond donors (Lipinski definition) is 1. The summed E-state index contributed by atoms with van der Waals surface area (Å²) in [6.07, 6.45) is 0.248. The van der Waals surface area contributed by atoms with Crippen LogP contribution < -0.4 is 5.48 Å². The molecule has 20 heavy (non-hydrogen) atoms. The number of non-ortho nitro benzene ring substituents is 1. The predicted molar refractivity (Wildman–Crippen MR) is 74.7 cm³/mol. The molecule has 6 nitrogen and oxygen atoms in total. The highest BCUT2D eigenvalue weighted by molar-refractivity contribution is 6.68. The number of nitro groups is 1. The summed E-state index contributed by atoms with van der Waals surface area (Å²) in [4.78, 5) is 15.6. The number of halogens is 3. The Kier molecular flexibility index (Phi) is 4.44. The van der Waals surface area contributed by atoms with E-state index in [1.54, 1.807) is 12.1 Å². The molecule has 0 bridgehead atoms. The van der Waals surface area contributed by atoms with Crippen molar-refractivity contribution in [2.24, 2.45) is 0 Å². The van der Waals surface area contributed by atoms with Gasteiger partial charge in [-0.3, -0.25) is 15.0 Å². The van der Waals surface area contributed by atoms with Crippen LogP contribution in [0.4, 0.5) is 5.69 Å². The number of nitro benzene ring substituents is 1. The van der Waals surface area contributed by atoms with Gasteiger partial charge < -0.3 is 4.74 Å². The van der Waals surface area contributed by atoms with E-state index in [0.717, 1.165) is 0 Å². The third-order valence-electron chi connectivity index (χ3n) is 3.08. The molecule has 0 radical (unpaired) electrons. The van der Waals surface area contributed by atoms with Gasteiger partial charge in [0.15, 0.2) is 0 Å². The molecule has 1 aliphatic heterocycles. The molecule has 0 aliphatic carbocycles. The van der Waals surface area contributed by atoms with Crippen molar-refractivity contribution in [3.05, 3.63) is 39.9 Å². The Morgan fingerprint density at radius 3 is 2.45 bits per heavy atom. The van der Waals surface area contributed by atoms with Gasteiger partial charge in [0, 0.05) is 31.2 Å². The fraction of sp³-hybridized carbons (Fsp3) is 0.455. The van der Waals surface area contributed by atoms with Gasteiger partial charge in [0.25, 0.3) is 5.69 Å². The van der Waals surface area contributed by atoms with Gasteiger partial charge in [-0.15, -0.1) is 0 Å². The Morgan fingerprint density at radius 1 is 1.45 bits per heavy atom. The van der Waals surface area contributed by atoms with E-state index in [1.165, 1.54) is 19.2 Å². The van der Waals surface area contributed by atoms with Gasteiger partial charge in [-0.05, 0) is 12.1 Å². The standard InChI is InChI=1S/C11H11Cl3N2O4/c1-19-10(6-9(15-20-10)11(12,13)14)7-2-4-8(5-3-7)16(17)18/h2-5,9,15H,6H2,1H3. The molecule has 0 amide bonds. The number of hydroxylamine groups is 1. The van der Waals surface area contributed by atoms with Gasteiger partial charge in [0.1, 0.15) is 0 Å². The maximum Gasteiger partial charge on any atom is 0.269 e. The average molecular weight is 342 g/mol. The maximum atomic E-state index is 10.6. The Bertz CT molecular complexity index is 505. The minimum Gasteiger partial charge on any atom is -0.348 e. The number of methoxy groups -OCH3 is 1. The molecule has 1 saturated heterocycles. The summed E-state index contributed by atoms with van der Waals surface area (Å²) < 4.78 is 3.83. The van der Waals surface area contributed by atoms with Gasteiger partial charge in [0.05, 0.1) is 11.0 Å². The van der Waals surface area contributed by atoms with E-state index in [9.17, 15) is 10.1 Å². The van der Waals surface area contributed by atoms with Crippen LogP contribution in [0, 0.1) is 10.1 Å². The molecule has 1 aromatic rings.